The SMILES string of the molecule is CCN1CCc2cc(OC)c(OC)cc2C12CCC(C(=O)N1CCN(c3ncnc4c3cnn4Cc3cccc(C)c3)CC1)CC2. The fourth-order valence-electron chi connectivity index (χ4n) is 8.22. The molecule has 1 saturated carbocycles. The average Bonchev–Trinajstić information content (AvgIpc) is 3.50. The van der Waals surface area contributed by atoms with Crippen molar-refractivity contribution in [2.75, 3.05) is 58.4 Å². The van der Waals surface area contributed by atoms with Crippen LogP contribution in [0.25, 0.3) is 11.0 Å². The molecule has 10 heteroatoms. The number of carbonyl (C=O) groups excluding carboxylic acids is 1. The van der Waals surface area contributed by atoms with Gasteiger partial charge in [-0.05, 0) is 74.4 Å². The molecule has 0 N–H and O–H groups in total. The zero-order valence-corrected chi connectivity index (χ0v) is 27.5. The predicted octanol–water partition coefficient (Wildman–Crippen LogP) is 4.81. The monoisotopic (exact) mass is 623 g/mol. The second-order valence-corrected chi connectivity index (χ2v) is 13.0. The van der Waals surface area contributed by atoms with Crippen LogP contribution in [0.5, 0.6) is 11.5 Å². The standard InChI is InChI=1S/C36H45N7O3/c1-5-42-14-11-28-20-31(45-3)32(46-4)21-30(28)36(42)12-9-27(10-13-36)35(44)41-17-15-40(16-18-41)33-29-22-39-43(34(29)38-24-37-33)23-26-8-6-7-25(2)19-26/h6-8,19-22,24,27H,5,9-18,23H2,1-4H3. The lowest BCUT2D eigenvalue weighted by atomic mass is 9.68. The molecule has 2 aromatic heterocycles. The molecular weight excluding hydrogens is 578 g/mol. The Morgan fingerprint density at radius 3 is 2.46 bits per heavy atom. The summed E-state index contributed by atoms with van der Waals surface area (Å²) in [5.74, 6) is 2.85. The van der Waals surface area contributed by atoms with Crippen LogP contribution in [0.15, 0.2) is 48.9 Å². The number of hydrogen-bond donors (Lipinski definition) is 0. The third-order valence-electron chi connectivity index (χ3n) is 10.6. The highest BCUT2D eigenvalue weighted by atomic mass is 16.5. The van der Waals surface area contributed by atoms with Crippen LogP contribution >= 0.6 is 0 Å². The van der Waals surface area contributed by atoms with Crippen molar-refractivity contribution >= 4 is 22.8 Å². The molecule has 4 aromatic rings. The molecule has 242 valence electrons. The van der Waals surface area contributed by atoms with Gasteiger partial charge in [0.15, 0.2) is 17.1 Å². The quantitative estimate of drug-likeness (QED) is 0.290. The number of likely N-dealkylation sites (N-methyl/N-ethyl adjacent to an activating group) is 1. The maximum Gasteiger partial charge on any atom is 0.225 e. The first kappa shape index (κ1) is 30.5. The fourth-order valence-corrected chi connectivity index (χ4v) is 8.22. The summed E-state index contributed by atoms with van der Waals surface area (Å²) in [6.07, 6.45) is 8.27. The average molecular weight is 624 g/mol. The summed E-state index contributed by atoms with van der Waals surface area (Å²) in [6.45, 7) is 9.93. The lowest BCUT2D eigenvalue weighted by Crippen LogP contribution is -2.54. The maximum atomic E-state index is 13.9. The minimum Gasteiger partial charge on any atom is -0.493 e. The van der Waals surface area contributed by atoms with Crippen LogP contribution in [0.3, 0.4) is 0 Å². The second-order valence-electron chi connectivity index (χ2n) is 13.0. The number of hydrogen-bond acceptors (Lipinski definition) is 8. The fraction of sp³-hybridized carbons (Fsp3) is 0.500. The Hall–Kier alpha value is -4.18. The summed E-state index contributed by atoms with van der Waals surface area (Å²) in [6, 6.07) is 12.8. The van der Waals surface area contributed by atoms with Crippen LogP contribution in [0.4, 0.5) is 5.82 Å². The minimum atomic E-state index is -0.0560. The van der Waals surface area contributed by atoms with Gasteiger partial charge in [0, 0.05) is 44.2 Å². The number of amides is 1. The molecule has 1 saturated heterocycles. The first-order valence-electron chi connectivity index (χ1n) is 16.7. The molecule has 1 amide bonds. The summed E-state index contributed by atoms with van der Waals surface area (Å²) in [4.78, 5) is 30.1. The topological polar surface area (TPSA) is 88.8 Å². The van der Waals surface area contributed by atoms with Gasteiger partial charge in [0.05, 0.1) is 32.3 Å². The van der Waals surface area contributed by atoms with Gasteiger partial charge in [-0.3, -0.25) is 9.69 Å². The predicted molar refractivity (Wildman–Crippen MR) is 179 cm³/mol. The first-order chi connectivity index (χ1) is 22.4. The maximum absolute atomic E-state index is 13.9. The number of benzene rings is 2. The van der Waals surface area contributed by atoms with Crippen LogP contribution in [0, 0.1) is 12.8 Å². The Morgan fingerprint density at radius 1 is 0.978 bits per heavy atom. The summed E-state index contributed by atoms with van der Waals surface area (Å²) in [7, 11) is 3.41. The number of anilines is 1. The summed E-state index contributed by atoms with van der Waals surface area (Å²) < 4.78 is 13.3. The van der Waals surface area contributed by atoms with Gasteiger partial charge in [-0.25, -0.2) is 14.6 Å². The largest absolute Gasteiger partial charge is 0.493 e. The highest BCUT2D eigenvalue weighted by Crippen LogP contribution is 2.50. The van der Waals surface area contributed by atoms with Crippen LogP contribution in [-0.4, -0.2) is 88.9 Å². The normalized spacial score (nSPS) is 21.9. The van der Waals surface area contributed by atoms with Crippen LogP contribution in [-0.2, 0) is 23.3 Å². The van der Waals surface area contributed by atoms with E-state index < -0.39 is 0 Å². The molecule has 10 nitrogen and oxygen atoms in total. The van der Waals surface area contributed by atoms with Gasteiger partial charge in [0.1, 0.15) is 12.1 Å². The Kier molecular flexibility index (Phi) is 8.31. The molecule has 0 radical (unpaired) electrons. The van der Waals surface area contributed by atoms with Crippen molar-refractivity contribution < 1.29 is 14.3 Å². The highest BCUT2D eigenvalue weighted by molar-refractivity contribution is 5.87. The molecule has 0 atom stereocenters. The summed E-state index contributed by atoms with van der Waals surface area (Å²) in [5, 5.41) is 5.62. The smallest absolute Gasteiger partial charge is 0.225 e. The number of carbonyl (C=O) groups is 1. The number of fused-ring (bicyclic) bond motifs is 3. The summed E-state index contributed by atoms with van der Waals surface area (Å²) in [5.41, 5.74) is 5.91. The van der Waals surface area contributed by atoms with Crippen molar-refractivity contribution in [3.05, 3.63) is 71.2 Å². The zero-order valence-electron chi connectivity index (χ0n) is 27.5. The number of ether oxygens (including phenoxy) is 2. The van der Waals surface area contributed by atoms with Gasteiger partial charge in [-0.2, -0.15) is 5.10 Å². The van der Waals surface area contributed by atoms with E-state index in [2.05, 4.69) is 80.0 Å². The molecule has 1 spiro atoms. The zero-order chi connectivity index (χ0) is 31.8. The number of aromatic nitrogens is 4. The minimum absolute atomic E-state index is 0.0560. The first-order valence-corrected chi connectivity index (χ1v) is 16.7. The lowest BCUT2D eigenvalue weighted by molar-refractivity contribution is -0.138. The Bertz CT molecular complexity index is 1720. The number of rotatable bonds is 7. The Morgan fingerprint density at radius 2 is 1.74 bits per heavy atom. The lowest BCUT2D eigenvalue weighted by Gasteiger charge is -2.52. The molecule has 2 fully saturated rings. The third kappa shape index (κ3) is 5.36. The van der Waals surface area contributed by atoms with E-state index in [4.69, 9.17) is 9.47 Å². The van der Waals surface area contributed by atoms with Gasteiger partial charge in [0.2, 0.25) is 5.91 Å². The van der Waals surface area contributed by atoms with E-state index in [0.29, 0.717) is 25.5 Å². The van der Waals surface area contributed by atoms with E-state index in [-0.39, 0.29) is 11.5 Å². The van der Waals surface area contributed by atoms with Crippen molar-refractivity contribution in [2.24, 2.45) is 5.92 Å². The van der Waals surface area contributed by atoms with E-state index in [9.17, 15) is 4.79 Å². The molecule has 1 aliphatic carbocycles. The van der Waals surface area contributed by atoms with E-state index in [1.807, 2.05) is 10.9 Å². The van der Waals surface area contributed by atoms with E-state index in [1.165, 1.54) is 22.3 Å². The van der Waals surface area contributed by atoms with Gasteiger partial charge in [-0.1, -0.05) is 36.8 Å². The van der Waals surface area contributed by atoms with Crippen molar-refractivity contribution in [3.63, 3.8) is 0 Å². The van der Waals surface area contributed by atoms with Crippen molar-refractivity contribution in [2.45, 2.75) is 58.0 Å². The Balaban J connectivity index is 1.01. The molecular formula is C36H45N7O3. The summed E-state index contributed by atoms with van der Waals surface area (Å²) >= 11 is 0. The van der Waals surface area contributed by atoms with Gasteiger partial charge in [-0.15, -0.1) is 0 Å². The van der Waals surface area contributed by atoms with Crippen molar-refractivity contribution in [1.82, 2.24) is 29.5 Å². The second kappa shape index (κ2) is 12.5. The van der Waals surface area contributed by atoms with Crippen LogP contribution in [0.2, 0.25) is 0 Å². The molecule has 7 rings (SSSR count). The van der Waals surface area contributed by atoms with Gasteiger partial charge < -0.3 is 19.3 Å². The van der Waals surface area contributed by atoms with Crippen LogP contribution < -0.4 is 14.4 Å². The van der Waals surface area contributed by atoms with Crippen molar-refractivity contribution in [3.8, 4) is 11.5 Å². The van der Waals surface area contributed by atoms with Gasteiger partial charge in [0.25, 0.3) is 0 Å². The van der Waals surface area contributed by atoms with Gasteiger partial charge >= 0.3 is 0 Å². The van der Waals surface area contributed by atoms with Crippen molar-refractivity contribution in [1.29, 1.82) is 0 Å². The molecule has 2 aromatic carbocycles. The number of piperazine rings is 1. The molecule has 0 bridgehead atoms. The number of methoxy groups -OCH3 is 2. The van der Waals surface area contributed by atoms with E-state index in [1.54, 1.807) is 20.5 Å². The molecule has 0 unspecified atom stereocenters. The number of nitrogens with zero attached hydrogens (tertiary/aromatic N) is 7. The Labute approximate surface area is 271 Å². The molecule has 2 aliphatic heterocycles. The highest BCUT2D eigenvalue weighted by Gasteiger charge is 2.46. The third-order valence-corrected chi connectivity index (χ3v) is 10.6. The molecule has 46 heavy (non-hydrogen) atoms. The van der Waals surface area contributed by atoms with E-state index >= 15 is 0 Å². The number of aryl methyl sites for hydroxylation is 1. The molecule has 3 aliphatic rings. The van der Waals surface area contributed by atoms with E-state index in [0.717, 1.165) is 86.6 Å². The van der Waals surface area contributed by atoms with Crippen LogP contribution in [0.1, 0.15) is 54.9 Å². The molecule has 4 heterocycles.